The van der Waals surface area contributed by atoms with E-state index in [1.54, 1.807) is 62.6 Å². The Hall–Kier alpha value is -3.70. The number of carbonyl (C=O) groups is 2. The van der Waals surface area contributed by atoms with Gasteiger partial charge in [0, 0.05) is 17.5 Å². The van der Waals surface area contributed by atoms with E-state index in [1.807, 2.05) is 39.2 Å². The molecule has 0 heterocycles. The zero-order valence-corrected chi connectivity index (χ0v) is 27.2. The molecule has 1 N–H and O–H groups in total. The highest BCUT2D eigenvalue weighted by molar-refractivity contribution is 7.98. The predicted molar refractivity (Wildman–Crippen MR) is 171 cm³/mol. The van der Waals surface area contributed by atoms with E-state index in [0.717, 1.165) is 21.2 Å². The predicted octanol–water partition coefficient (Wildman–Crippen LogP) is 5.34. The molecule has 0 aliphatic carbocycles. The summed E-state index contributed by atoms with van der Waals surface area (Å²) < 4.78 is 40.0. The number of rotatable bonds is 15. The van der Waals surface area contributed by atoms with Gasteiger partial charge in [0.1, 0.15) is 24.1 Å². The van der Waals surface area contributed by atoms with Crippen LogP contribution in [-0.4, -0.2) is 63.7 Å². The van der Waals surface area contributed by atoms with E-state index in [1.165, 1.54) is 28.8 Å². The minimum absolute atomic E-state index is 0.0521. The third-order valence-electron chi connectivity index (χ3n) is 7.04. The van der Waals surface area contributed by atoms with E-state index < -0.39 is 28.5 Å². The van der Waals surface area contributed by atoms with Gasteiger partial charge in [0.05, 0.1) is 24.3 Å². The van der Waals surface area contributed by atoms with Crippen LogP contribution >= 0.6 is 11.8 Å². The highest BCUT2D eigenvalue weighted by Crippen LogP contribution is 2.28. The zero-order chi connectivity index (χ0) is 31.6. The van der Waals surface area contributed by atoms with Crippen molar-refractivity contribution in [1.82, 2.24) is 10.2 Å². The zero-order valence-electron chi connectivity index (χ0n) is 25.6. The Kier molecular flexibility index (Phi) is 12.3. The van der Waals surface area contributed by atoms with Gasteiger partial charge in [-0.2, -0.15) is 0 Å². The van der Waals surface area contributed by atoms with Crippen molar-refractivity contribution >= 4 is 39.3 Å². The Bertz CT molecular complexity index is 1450. The van der Waals surface area contributed by atoms with Crippen LogP contribution in [0.2, 0.25) is 0 Å². The molecule has 0 radical (unpaired) electrons. The number of hydrogen-bond donors (Lipinski definition) is 1. The first-order valence-corrected chi connectivity index (χ1v) is 16.8. The van der Waals surface area contributed by atoms with Crippen molar-refractivity contribution in [2.24, 2.45) is 0 Å². The van der Waals surface area contributed by atoms with Crippen molar-refractivity contribution in [3.05, 3.63) is 78.4 Å². The van der Waals surface area contributed by atoms with Gasteiger partial charge in [-0.15, -0.1) is 11.8 Å². The lowest BCUT2D eigenvalue weighted by Gasteiger charge is -2.32. The normalized spacial score (nSPS) is 12.6. The van der Waals surface area contributed by atoms with Gasteiger partial charge in [0.15, 0.2) is 0 Å². The molecule has 3 aromatic rings. The number of methoxy groups -OCH3 is 1. The monoisotopic (exact) mass is 627 g/mol. The van der Waals surface area contributed by atoms with Crippen molar-refractivity contribution in [3.8, 4) is 11.5 Å². The first kappa shape index (κ1) is 33.8. The summed E-state index contributed by atoms with van der Waals surface area (Å²) in [4.78, 5) is 29.7. The molecule has 2 amide bonds. The van der Waals surface area contributed by atoms with E-state index in [9.17, 15) is 18.0 Å². The maximum atomic E-state index is 14.1. The second-order valence-corrected chi connectivity index (χ2v) is 12.7. The van der Waals surface area contributed by atoms with Gasteiger partial charge >= 0.3 is 0 Å². The molecule has 11 heteroatoms. The molecule has 0 spiro atoms. The minimum atomic E-state index is -4.16. The second kappa shape index (κ2) is 15.7. The van der Waals surface area contributed by atoms with Crippen LogP contribution in [-0.2, 0) is 26.2 Å². The third kappa shape index (κ3) is 8.90. The molecule has 0 saturated heterocycles. The SMILES string of the molecule is CCOc1ccc(N(CC(=O)N(Cc2ccc(OC)cc2)[C@@H](C)C(=O)N[C@@H](C)CC)S(=O)(=O)c2ccc(SC)cc2)cc1. The van der Waals surface area contributed by atoms with Gasteiger partial charge in [0.25, 0.3) is 10.0 Å². The quantitative estimate of drug-likeness (QED) is 0.227. The van der Waals surface area contributed by atoms with Crippen LogP contribution < -0.4 is 19.1 Å². The molecule has 3 rings (SSSR count). The lowest BCUT2D eigenvalue weighted by molar-refractivity contribution is -0.139. The molecule has 0 fully saturated rings. The summed E-state index contributed by atoms with van der Waals surface area (Å²) >= 11 is 1.50. The number of amides is 2. The Morgan fingerprint density at radius 1 is 0.907 bits per heavy atom. The molecular weight excluding hydrogens is 587 g/mol. The standard InChI is InChI=1S/C32H41N3O6S2/c1-7-23(3)33-32(37)24(4)34(21-25-9-13-27(40-5)14-10-25)31(36)22-35(26-11-15-28(16-12-26)41-8-2)43(38,39)30-19-17-29(42-6)18-20-30/h9-20,23-24H,7-8,21-22H2,1-6H3,(H,33,37)/t23-,24-/m0/s1. The maximum absolute atomic E-state index is 14.1. The molecule has 0 aliphatic heterocycles. The molecular formula is C32H41N3O6S2. The topological polar surface area (TPSA) is 105 Å². The van der Waals surface area contributed by atoms with Gasteiger partial charge < -0.3 is 19.7 Å². The van der Waals surface area contributed by atoms with Crippen molar-refractivity contribution in [2.45, 2.75) is 62.5 Å². The number of nitrogens with zero attached hydrogens (tertiary/aromatic N) is 2. The number of nitrogens with one attached hydrogen (secondary N) is 1. The molecule has 0 aromatic heterocycles. The summed E-state index contributed by atoms with van der Waals surface area (Å²) in [5.74, 6) is 0.389. The van der Waals surface area contributed by atoms with Crippen LogP contribution in [0.15, 0.2) is 82.6 Å². The number of benzene rings is 3. The van der Waals surface area contributed by atoms with Crippen LogP contribution in [0.25, 0.3) is 0 Å². The van der Waals surface area contributed by atoms with E-state index in [0.29, 0.717) is 23.8 Å². The number of ether oxygens (including phenoxy) is 2. The molecule has 0 unspecified atom stereocenters. The van der Waals surface area contributed by atoms with Crippen LogP contribution in [0.3, 0.4) is 0 Å². The second-order valence-electron chi connectivity index (χ2n) is 9.98. The average molecular weight is 628 g/mol. The van der Waals surface area contributed by atoms with Crippen molar-refractivity contribution in [3.63, 3.8) is 0 Å². The molecule has 0 saturated carbocycles. The van der Waals surface area contributed by atoms with Crippen LogP contribution in [0, 0.1) is 0 Å². The molecule has 3 aromatic carbocycles. The lowest BCUT2D eigenvalue weighted by atomic mass is 10.1. The van der Waals surface area contributed by atoms with Gasteiger partial charge in [-0.3, -0.25) is 13.9 Å². The first-order chi connectivity index (χ1) is 20.5. The van der Waals surface area contributed by atoms with Gasteiger partial charge in [0.2, 0.25) is 11.8 Å². The van der Waals surface area contributed by atoms with Crippen LogP contribution in [0.4, 0.5) is 5.69 Å². The fourth-order valence-electron chi connectivity index (χ4n) is 4.25. The van der Waals surface area contributed by atoms with Gasteiger partial charge in [-0.1, -0.05) is 19.1 Å². The fourth-order valence-corrected chi connectivity index (χ4v) is 6.08. The van der Waals surface area contributed by atoms with E-state index in [-0.39, 0.29) is 23.4 Å². The van der Waals surface area contributed by atoms with Crippen molar-refractivity contribution < 1.29 is 27.5 Å². The number of thioether (sulfide) groups is 1. The highest BCUT2D eigenvalue weighted by Gasteiger charge is 2.33. The fraction of sp³-hybridized carbons (Fsp3) is 0.375. The third-order valence-corrected chi connectivity index (χ3v) is 9.57. The number of sulfonamides is 1. The molecule has 2 atom stereocenters. The number of carbonyl (C=O) groups excluding carboxylic acids is 2. The molecule has 0 bridgehead atoms. The van der Waals surface area contributed by atoms with E-state index >= 15 is 0 Å². The summed E-state index contributed by atoms with van der Waals surface area (Å²) in [7, 11) is -2.60. The largest absolute Gasteiger partial charge is 0.497 e. The summed E-state index contributed by atoms with van der Waals surface area (Å²) in [6, 6.07) is 19.3. The highest BCUT2D eigenvalue weighted by atomic mass is 32.2. The van der Waals surface area contributed by atoms with Crippen LogP contribution in [0.5, 0.6) is 11.5 Å². The van der Waals surface area contributed by atoms with E-state index in [4.69, 9.17) is 9.47 Å². The Morgan fingerprint density at radius 3 is 2.05 bits per heavy atom. The Morgan fingerprint density at radius 2 is 1.51 bits per heavy atom. The summed E-state index contributed by atoms with van der Waals surface area (Å²) in [5.41, 5.74) is 1.06. The number of anilines is 1. The summed E-state index contributed by atoms with van der Waals surface area (Å²) in [5, 5.41) is 2.94. The van der Waals surface area contributed by atoms with E-state index in [2.05, 4.69) is 5.32 Å². The van der Waals surface area contributed by atoms with Gasteiger partial charge in [-0.25, -0.2) is 8.42 Å². The van der Waals surface area contributed by atoms with Gasteiger partial charge in [-0.05, 0) is 99.7 Å². The van der Waals surface area contributed by atoms with Crippen LogP contribution in [0.1, 0.15) is 39.7 Å². The minimum Gasteiger partial charge on any atom is -0.497 e. The average Bonchev–Trinajstić information content (AvgIpc) is 3.02. The lowest BCUT2D eigenvalue weighted by Crippen LogP contribution is -2.52. The molecule has 43 heavy (non-hydrogen) atoms. The summed E-state index contributed by atoms with van der Waals surface area (Å²) in [6.07, 6.45) is 2.63. The summed E-state index contributed by atoms with van der Waals surface area (Å²) in [6.45, 7) is 7.39. The molecule has 232 valence electrons. The smallest absolute Gasteiger partial charge is 0.264 e. The number of hydrogen-bond acceptors (Lipinski definition) is 7. The Labute approximate surface area is 259 Å². The molecule has 0 aliphatic rings. The van der Waals surface area contributed by atoms with Crippen molar-refractivity contribution in [1.29, 1.82) is 0 Å². The maximum Gasteiger partial charge on any atom is 0.264 e. The molecule has 9 nitrogen and oxygen atoms in total. The first-order valence-electron chi connectivity index (χ1n) is 14.2. The van der Waals surface area contributed by atoms with Crippen molar-refractivity contribution in [2.75, 3.05) is 30.8 Å². The Balaban J connectivity index is 2.03.